The fraction of sp³-hybridized carbons (Fsp3) is 0.286. The summed E-state index contributed by atoms with van der Waals surface area (Å²) >= 11 is 0. The van der Waals surface area contributed by atoms with Crippen molar-refractivity contribution in [3.05, 3.63) is 159 Å². The topological polar surface area (TPSA) is 237 Å². The van der Waals surface area contributed by atoms with Gasteiger partial charge in [-0.25, -0.2) is 0 Å². The van der Waals surface area contributed by atoms with Gasteiger partial charge in [0.2, 0.25) is 0 Å². The number of carbonyl (C=O) groups excluding carboxylic acids is 9. The lowest BCUT2D eigenvalue weighted by molar-refractivity contribution is 0.0594. The Labute approximate surface area is 483 Å². The molecule has 0 fully saturated rings. The lowest BCUT2D eigenvalue weighted by Crippen LogP contribution is -2.45. The highest BCUT2D eigenvalue weighted by Crippen LogP contribution is 2.38. The summed E-state index contributed by atoms with van der Waals surface area (Å²) in [5, 5.41) is 11.4. The summed E-state index contributed by atoms with van der Waals surface area (Å²) in [6.45, 7) is 1.76. The van der Waals surface area contributed by atoms with Gasteiger partial charge in [0.1, 0.15) is 37.1 Å². The van der Waals surface area contributed by atoms with E-state index in [9.17, 15) is 43.2 Å². The van der Waals surface area contributed by atoms with E-state index in [0.717, 1.165) is 14.7 Å². The molecule has 7 aromatic rings. The highest BCUT2D eigenvalue weighted by atomic mass is 16.5. The van der Waals surface area contributed by atoms with Crippen LogP contribution >= 0.6 is 0 Å². The highest BCUT2D eigenvalue weighted by molar-refractivity contribution is 6.28. The molecule has 21 nitrogen and oxygen atoms in total. The fourth-order valence-electron chi connectivity index (χ4n) is 10.5. The van der Waals surface area contributed by atoms with Crippen molar-refractivity contribution in [2.45, 2.75) is 0 Å². The molecule has 9 amide bonds. The third-order valence-corrected chi connectivity index (χ3v) is 14.8. The number of imide groups is 3. The summed E-state index contributed by atoms with van der Waals surface area (Å²) in [4.78, 5) is 135. The minimum atomic E-state index is -0.759. The van der Waals surface area contributed by atoms with Crippen molar-refractivity contribution < 1.29 is 57.4 Å². The number of hydrogen-bond donors (Lipinski definition) is 3. The van der Waals surface area contributed by atoms with Crippen LogP contribution in [0.1, 0.15) is 93.2 Å². The van der Waals surface area contributed by atoms with Crippen LogP contribution in [0.3, 0.4) is 0 Å². The van der Waals surface area contributed by atoms with Crippen LogP contribution in [0.25, 0.3) is 32.3 Å². The highest BCUT2D eigenvalue weighted by Gasteiger charge is 2.37. The van der Waals surface area contributed by atoms with Crippen LogP contribution in [-0.4, -0.2) is 204 Å². The number of benzene rings is 7. The summed E-state index contributed by atoms with van der Waals surface area (Å²) < 4.78 is 18.1. The van der Waals surface area contributed by atoms with E-state index in [0.29, 0.717) is 122 Å². The van der Waals surface area contributed by atoms with Gasteiger partial charge in [0.25, 0.3) is 53.2 Å². The summed E-state index contributed by atoms with van der Waals surface area (Å²) in [6.07, 6.45) is 0. The first-order chi connectivity index (χ1) is 40.4. The normalized spacial score (nSPS) is 13.8. The van der Waals surface area contributed by atoms with E-state index in [1.165, 1.54) is 18.2 Å². The van der Waals surface area contributed by atoms with Crippen LogP contribution in [0, 0.1) is 0 Å². The van der Waals surface area contributed by atoms with Crippen LogP contribution in [-0.2, 0) is 0 Å². The first kappa shape index (κ1) is 57.7. The summed E-state index contributed by atoms with van der Waals surface area (Å²) in [7, 11) is 11.5. The number of likely N-dealkylation sites (N-methyl/N-ethyl adjacent to an activating group) is 3. The lowest BCUT2D eigenvalue weighted by atomic mass is 9.93. The van der Waals surface area contributed by atoms with Gasteiger partial charge in [-0.05, 0) is 115 Å². The molecule has 10 rings (SSSR count). The number of amides is 9. The van der Waals surface area contributed by atoms with Gasteiger partial charge in [-0.1, -0.05) is 36.4 Å². The number of hydrogen-bond acceptors (Lipinski definition) is 15. The molecule has 0 saturated carbocycles. The van der Waals surface area contributed by atoms with Crippen molar-refractivity contribution in [3.8, 4) is 17.2 Å². The van der Waals surface area contributed by atoms with E-state index >= 15 is 0 Å². The average molecular weight is 1140 g/mol. The maximum atomic E-state index is 14.1. The van der Waals surface area contributed by atoms with E-state index in [4.69, 9.17) is 14.2 Å². The monoisotopic (exact) mass is 1140 g/mol. The molecular formula is C63H63N9O12. The van der Waals surface area contributed by atoms with Gasteiger partial charge in [0.15, 0.2) is 0 Å². The number of nitrogens with zero attached hydrogens (tertiary/aromatic N) is 6. The van der Waals surface area contributed by atoms with Crippen LogP contribution in [0.4, 0.5) is 0 Å². The number of carbonyl (C=O) groups is 9. The van der Waals surface area contributed by atoms with E-state index in [2.05, 4.69) is 16.0 Å². The van der Waals surface area contributed by atoms with Gasteiger partial charge in [-0.15, -0.1) is 0 Å². The molecule has 3 aliphatic heterocycles. The van der Waals surface area contributed by atoms with E-state index in [1.54, 1.807) is 91.0 Å². The molecule has 3 heterocycles. The van der Waals surface area contributed by atoms with Crippen molar-refractivity contribution in [1.29, 1.82) is 0 Å². The van der Waals surface area contributed by atoms with Gasteiger partial charge in [-0.3, -0.25) is 57.9 Å². The third kappa shape index (κ3) is 11.5. The average Bonchev–Trinajstić information content (AvgIpc) is 1.99. The second kappa shape index (κ2) is 24.5. The molecule has 0 aliphatic carbocycles. The Morgan fingerprint density at radius 2 is 0.619 bits per heavy atom. The lowest BCUT2D eigenvalue weighted by Gasteiger charge is -2.28. The van der Waals surface area contributed by atoms with Crippen molar-refractivity contribution in [2.75, 3.05) is 121 Å². The van der Waals surface area contributed by atoms with E-state index in [1.807, 2.05) is 57.0 Å². The second-order valence-corrected chi connectivity index (χ2v) is 21.3. The number of rotatable bonds is 24. The fourth-order valence-corrected chi connectivity index (χ4v) is 10.5. The van der Waals surface area contributed by atoms with Gasteiger partial charge in [0.05, 0.1) is 0 Å². The predicted octanol–water partition coefficient (Wildman–Crippen LogP) is 5.05. The molecule has 7 aromatic carbocycles. The minimum Gasteiger partial charge on any atom is -0.492 e. The van der Waals surface area contributed by atoms with Crippen molar-refractivity contribution in [3.63, 3.8) is 0 Å². The van der Waals surface area contributed by atoms with Gasteiger partial charge in [-0.2, -0.15) is 0 Å². The molecule has 0 unspecified atom stereocenters. The molecule has 0 atom stereocenters. The smallest absolute Gasteiger partial charge is 0.261 e. The molecular weight excluding hydrogens is 1070 g/mol. The molecule has 0 bridgehead atoms. The van der Waals surface area contributed by atoms with Gasteiger partial charge in [0, 0.05) is 141 Å². The second-order valence-electron chi connectivity index (χ2n) is 21.3. The third-order valence-electron chi connectivity index (χ3n) is 14.8. The Bertz CT molecular complexity index is 3410. The van der Waals surface area contributed by atoms with Crippen LogP contribution in [0.5, 0.6) is 17.2 Å². The zero-order chi connectivity index (χ0) is 59.5. The van der Waals surface area contributed by atoms with Crippen LogP contribution < -0.4 is 30.2 Å². The Balaban J connectivity index is 0.843. The standard InChI is InChI=1S/C63H63N9O12/c1-67(2)28-31-82-49-19-16-46-52-40(49)10-7-13-43(52)58(76)70(61(46)79)25-22-64-55(73)37-34-38(56(74)65-23-26-71-59(77)44-14-8-11-41-50(83-32-29-68(3)4)20-17-47(53(41)44)62(71)80)36-39(35-37)57(75)66-24-27-72-60(78)45-15-9-12-42-51(84-33-30-69(5)6)21-18-48(54(42)45)63(72)81/h7-21,34-36H,22-33H2,1-6H3,(H,64,73)(H,65,74)(H,66,75). The van der Waals surface area contributed by atoms with Crippen molar-refractivity contribution in [1.82, 2.24) is 45.3 Å². The van der Waals surface area contributed by atoms with Gasteiger partial charge < -0.3 is 44.9 Å². The minimum absolute atomic E-state index is 0.145. The molecule has 432 valence electrons. The molecule has 0 spiro atoms. The largest absolute Gasteiger partial charge is 0.492 e. The molecule has 21 heteroatoms. The quantitative estimate of drug-likeness (QED) is 0.0672. The summed E-state index contributed by atoms with van der Waals surface area (Å²) in [5.74, 6) is -4.08. The van der Waals surface area contributed by atoms with E-state index < -0.39 is 53.2 Å². The van der Waals surface area contributed by atoms with Gasteiger partial charge >= 0.3 is 0 Å². The Morgan fingerprint density at radius 3 is 0.869 bits per heavy atom. The number of nitrogens with one attached hydrogen (secondary N) is 3. The maximum Gasteiger partial charge on any atom is 0.261 e. The molecule has 3 N–H and O–H groups in total. The molecule has 84 heavy (non-hydrogen) atoms. The first-order valence-corrected chi connectivity index (χ1v) is 27.5. The molecule has 0 radical (unpaired) electrons. The molecule has 0 saturated heterocycles. The van der Waals surface area contributed by atoms with Crippen LogP contribution in [0.15, 0.2) is 109 Å². The molecule has 3 aliphatic rings. The van der Waals surface area contributed by atoms with Crippen molar-refractivity contribution in [2.24, 2.45) is 0 Å². The van der Waals surface area contributed by atoms with Crippen LogP contribution in [0.2, 0.25) is 0 Å². The maximum absolute atomic E-state index is 14.1. The van der Waals surface area contributed by atoms with Crippen molar-refractivity contribution >= 4 is 85.5 Å². The SMILES string of the molecule is CN(C)CCOc1ccc2c3c(cccc13)C(=O)N(CCNC(=O)c1cc(C(=O)NCCN3C(=O)c4cccc5c(OCCN(C)C)ccc(c45)C3=O)cc(C(=O)NCCN3C(=O)c4cccc5c(OCCN(C)C)ccc(c45)C3=O)c1)C2=O. The zero-order valence-electron chi connectivity index (χ0n) is 47.5. The number of ether oxygens (including phenoxy) is 3. The first-order valence-electron chi connectivity index (χ1n) is 27.5. The predicted molar refractivity (Wildman–Crippen MR) is 314 cm³/mol. The Hall–Kier alpha value is -9.57. The summed E-state index contributed by atoms with van der Waals surface area (Å²) in [5.41, 5.74) is 1.31. The molecule has 0 aromatic heterocycles. The zero-order valence-corrected chi connectivity index (χ0v) is 47.5. The Kier molecular flexibility index (Phi) is 16.8. The summed E-state index contributed by atoms with van der Waals surface area (Å²) in [6, 6.07) is 29.1. The van der Waals surface area contributed by atoms with E-state index in [-0.39, 0.29) is 56.0 Å². The Morgan fingerprint density at radius 1 is 0.369 bits per heavy atom.